The van der Waals surface area contributed by atoms with E-state index >= 15 is 0 Å². The van der Waals surface area contributed by atoms with Crippen molar-refractivity contribution in [1.29, 1.82) is 0 Å². The van der Waals surface area contributed by atoms with Gasteiger partial charge in [-0.1, -0.05) is 47.1 Å². The first-order valence-electron chi connectivity index (χ1n) is 8.29. The summed E-state index contributed by atoms with van der Waals surface area (Å²) in [4.78, 5) is 27.6. The molecule has 0 fully saturated rings. The van der Waals surface area contributed by atoms with Crippen molar-refractivity contribution in [3.05, 3.63) is 65.4 Å². The van der Waals surface area contributed by atoms with Gasteiger partial charge in [0.1, 0.15) is 12.3 Å². The van der Waals surface area contributed by atoms with Crippen LogP contribution in [0.1, 0.15) is 5.82 Å². The number of aromatic nitrogens is 2. The number of nitrogens with one attached hydrogen (secondary N) is 1. The topological polar surface area (TPSA) is 104 Å². The minimum Gasteiger partial charge on any atom is -0.484 e. The molecule has 0 aliphatic rings. The van der Waals surface area contributed by atoms with Gasteiger partial charge in [-0.15, -0.1) is 0 Å². The molecule has 0 unspecified atom stereocenters. The molecule has 2 aromatic carbocycles. The number of para-hydroxylation sites is 1. The summed E-state index contributed by atoms with van der Waals surface area (Å²) in [5.41, 5.74) is 0.583. The summed E-state index contributed by atoms with van der Waals surface area (Å²) in [5.74, 6) is -0.116. The highest BCUT2D eigenvalue weighted by molar-refractivity contribution is 6.33. The molecular weight excluding hydrogens is 386 g/mol. The van der Waals surface area contributed by atoms with Crippen LogP contribution in [0.25, 0.3) is 11.5 Å². The first-order valence-corrected chi connectivity index (χ1v) is 8.67. The van der Waals surface area contributed by atoms with Crippen LogP contribution in [0.4, 0.5) is 0 Å². The van der Waals surface area contributed by atoms with Crippen LogP contribution in [0.2, 0.25) is 5.02 Å². The number of carbonyl (C=O) groups excluding carboxylic acids is 2. The lowest BCUT2D eigenvalue weighted by Gasteiger charge is -2.07. The average molecular weight is 402 g/mol. The lowest BCUT2D eigenvalue weighted by atomic mass is 10.2. The number of hydrogen-bond acceptors (Lipinski definition) is 7. The zero-order valence-corrected chi connectivity index (χ0v) is 15.4. The fourth-order valence-corrected chi connectivity index (χ4v) is 2.36. The van der Waals surface area contributed by atoms with Crippen LogP contribution in [-0.2, 0) is 20.9 Å². The number of rotatable bonds is 8. The van der Waals surface area contributed by atoms with Gasteiger partial charge < -0.3 is 19.3 Å². The summed E-state index contributed by atoms with van der Waals surface area (Å²) in [5, 5.41) is 6.61. The molecule has 0 spiro atoms. The van der Waals surface area contributed by atoms with Crippen molar-refractivity contribution in [2.45, 2.75) is 6.61 Å². The maximum atomic E-state index is 11.7. The van der Waals surface area contributed by atoms with E-state index in [1.54, 1.807) is 48.5 Å². The molecule has 1 aromatic heterocycles. The van der Waals surface area contributed by atoms with E-state index in [0.29, 0.717) is 16.3 Å². The number of hydrogen-bond donors (Lipinski definition) is 1. The SMILES string of the molecule is O=C(COc1ccccc1)NCC(=O)OCc1noc(-c2ccccc2Cl)n1. The lowest BCUT2D eigenvalue weighted by Crippen LogP contribution is -2.34. The second kappa shape index (κ2) is 9.52. The largest absolute Gasteiger partial charge is 0.484 e. The lowest BCUT2D eigenvalue weighted by molar-refractivity contribution is -0.145. The van der Waals surface area contributed by atoms with E-state index in [4.69, 9.17) is 25.6 Å². The Bertz CT molecular complexity index is 946. The van der Waals surface area contributed by atoms with Gasteiger partial charge >= 0.3 is 5.97 Å². The molecule has 0 saturated heterocycles. The quantitative estimate of drug-likeness (QED) is 0.578. The van der Waals surface area contributed by atoms with E-state index in [9.17, 15) is 9.59 Å². The molecule has 8 nitrogen and oxygen atoms in total. The predicted octanol–water partition coefficient (Wildman–Crippen LogP) is 2.63. The molecule has 0 saturated carbocycles. The van der Waals surface area contributed by atoms with Crippen LogP contribution in [0.5, 0.6) is 5.75 Å². The van der Waals surface area contributed by atoms with E-state index in [1.165, 1.54) is 0 Å². The molecule has 0 aliphatic carbocycles. The van der Waals surface area contributed by atoms with Crippen molar-refractivity contribution in [2.75, 3.05) is 13.2 Å². The fourth-order valence-electron chi connectivity index (χ4n) is 2.14. The van der Waals surface area contributed by atoms with Gasteiger partial charge in [0.15, 0.2) is 13.2 Å². The Hall–Kier alpha value is -3.39. The van der Waals surface area contributed by atoms with Crippen LogP contribution in [0, 0.1) is 0 Å². The third-order valence-corrected chi connectivity index (χ3v) is 3.81. The highest BCUT2D eigenvalue weighted by Crippen LogP contribution is 2.25. The number of benzene rings is 2. The first-order chi connectivity index (χ1) is 13.6. The summed E-state index contributed by atoms with van der Waals surface area (Å²) in [6, 6.07) is 15.9. The number of esters is 1. The maximum absolute atomic E-state index is 11.7. The minimum absolute atomic E-state index is 0.182. The molecule has 28 heavy (non-hydrogen) atoms. The van der Waals surface area contributed by atoms with Crippen molar-refractivity contribution >= 4 is 23.5 Å². The molecule has 3 rings (SSSR count). The van der Waals surface area contributed by atoms with Crippen molar-refractivity contribution in [1.82, 2.24) is 15.5 Å². The van der Waals surface area contributed by atoms with Gasteiger partial charge in [0.2, 0.25) is 5.82 Å². The number of ether oxygens (including phenoxy) is 2. The van der Waals surface area contributed by atoms with Crippen LogP contribution in [0.3, 0.4) is 0 Å². The van der Waals surface area contributed by atoms with Crippen molar-refractivity contribution in [3.63, 3.8) is 0 Å². The molecule has 9 heteroatoms. The number of amides is 1. The van der Waals surface area contributed by atoms with E-state index in [2.05, 4.69) is 15.5 Å². The second-order valence-corrected chi connectivity index (χ2v) is 5.94. The van der Waals surface area contributed by atoms with Gasteiger partial charge in [0.05, 0.1) is 10.6 Å². The second-order valence-electron chi connectivity index (χ2n) is 5.53. The summed E-state index contributed by atoms with van der Waals surface area (Å²) >= 11 is 6.07. The van der Waals surface area contributed by atoms with Gasteiger partial charge in [-0.05, 0) is 24.3 Å². The van der Waals surface area contributed by atoms with Crippen molar-refractivity contribution < 1.29 is 23.6 Å². The molecule has 0 bridgehead atoms. The molecular formula is C19H16ClN3O5. The Labute approximate surface area is 165 Å². The zero-order valence-electron chi connectivity index (χ0n) is 14.6. The predicted molar refractivity (Wildman–Crippen MR) is 99.5 cm³/mol. The van der Waals surface area contributed by atoms with Crippen molar-refractivity contribution in [3.8, 4) is 17.2 Å². The molecule has 0 aliphatic heterocycles. The van der Waals surface area contributed by atoms with Gasteiger partial charge in [-0.25, -0.2) is 0 Å². The minimum atomic E-state index is -0.642. The Morgan fingerprint density at radius 2 is 1.82 bits per heavy atom. The summed E-state index contributed by atoms with van der Waals surface area (Å²) in [6.07, 6.45) is 0. The third-order valence-electron chi connectivity index (χ3n) is 3.48. The zero-order chi connectivity index (χ0) is 19.8. The third kappa shape index (κ3) is 5.55. The van der Waals surface area contributed by atoms with Gasteiger partial charge in [-0.2, -0.15) is 4.98 Å². The van der Waals surface area contributed by atoms with Crippen LogP contribution in [0.15, 0.2) is 59.1 Å². The first kappa shape index (κ1) is 19.4. The molecule has 3 aromatic rings. The average Bonchev–Trinajstić information content (AvgIpc) is 3.19. The van der Waals surface area contributed by atoms with Gasteiger partial charge in [0.25, 0.3) is 11.8 Å². The Morgan fingerprint density at radius 3 is 2.61 bits per heavy atom. The van der Waals surface area contributed by atoms with E-state index in [0.717, 1.165) is 0 Å². The van der Waals surface area contributed by atoms with Crippen LogP contribution >= 0.6 is 11.6 Å². The highest BCUT2D eigenvalue weighted by atomic mass is 35.5. The summed E-state index contributed by atoms with van der Waals surface area (Å²) in [7, 11) is 0. The summed E-state index contributed by atoms with van der Waals surface area (Å²) in [6.45, 7) is -0.696. The molecule has 144 valence electrons. The van der Waals surface area contributed by atoms with Gasteiger partial charge in [0, 0.05) is 0 Å². The Balaban J connectivity index is 1.40. The fraction of sp³-hybridized carbons (Fsp3) is 0.158. The molecule has 0 radical (unpaired) electrons. The molecule has 1 amide bonds. The van der Waals surface area contributed by atoms with Crippen molar-refractivity contribution in [2.24, 2.45) is 0 Å². The Kier molecular flexibility index (Phi) is 6.59. The van der Waals surface area contributed by atoms with Gasteiger partial charge in [-0.3, -0.25) is 9.59 Å². The number of nitrogens with zero attached hydrogens (tertiary/aromatic N) is 2. The van der Waals surface area contributed by atoms with Crippen LogP contribution in [-0.4, -0.2) is 35.2 Å². The maximum Gasteiger partial charge on any atom is 0.325 e. The normalized spacial score (nSPS) is 10.3. The monoisotopic (exact) mass is 401 g/mol. The number of carbonyl (C=O) groups is 2. The highest BCUT2D eigenvalue weighted by Gasteiger charge is 2.14. The van der Waals surface area contributed by atoms with Crippen LogP contribution < -0.4 is 10.1 Å². The molecule has 1 N–H and O–H groups in total. The summed E-state index contributed by atoms with van der Waals surface area (Å²) < 4.78 is 15.4. The van der Waals surface area contributed by atoms with E-state index in [1.807, 2.05) is 6.07 Å². The Morgan fingerprint density at radius 1 is 1.07 bits per heavy atom. The molecule has 1 heterocycles. The standard InChI is InChI=1S/C19H16ClN3O5/c20-15-9-5-4-8-14(15)19-22-16(23-28-19)11-27-18(25)10-21-17(24)12-26-13-6-2-1-3-7-13/h1-9H,10-12H2,(H,21,24). The van der Waals surface area contributed by atoms with E-state index < -0.39 is 11.9 Å². The van der Waals surface area contributed by atoms with E-state index in [-0.39, 0.29) is 31.5 Å². The number of halogens is 1. The molecule has 0 atom stereocenters. The smallest absolute Gasteiger partial charge is 0.325 e.